The lowest BCUT2D eigenvalue weighted by Gasteiger charge is -2.14. The van der Waals surface area contributed by atoms with Crippen LogP contribution in [0.2, 0.25) is 10.0 Å². The molecule has 0 aromatic heterocycles. The van der Waals surface area contributed by atoms with Crippen LogP contribution in [0.15, 0.2) is 42.5 Å². The molecule has 3 rings (SSSR count). The molecule has 6 heteroatoms. The highest BCUT2D eigenvalue weighted by molar-refractivity contribution is 6.34. The molecule has 0 unspecified atom stereocenters. The maximum Gasteiger partial charge on any atom is 0.261 e. The average molecular weight is 350 g/mol. The second-order valence-electron chi connectivity index (χ2n) is 5.11. The molecule has 0 radical (unpaired) electrons. The zero-order valence-corrected chi connectivity index (χ0v) is 13.6. The van der Waals surface area contributed by atoms with Gasteiger partial charge in [0.15, 0.2) is 0 Å². The molecule has 0 saturated carbocycles. The molecule has 23 heavy (non-hydrogen) atoms. The summed E-state index contributed by atoms with van der Waals surface area (Å²) in [6, 6.07) is 11.8. The summed E-state index contributed by atoms with van der Waals surface area (Å²) < 4.78 is 5.56. The highest BCUT2D eigenvalue weighted by Gasteiger charge is 2.34. The highest BCUT2D eigenvalue weighted by Crippen LogP contribution is 2.25. The SMILES string of the molecule is O=C1c2ccccc2C(=O)N1CCCOc1cc(Cl)cc(Cl)c1. The van der Waals surface area contributed by atoms with Crippen molar-refractivity contribution in [3.63, 3.8) is 0 Å². The van der Waals surface area contributed by atoms with Gasteiger partial charge in [0.1, 0.15) is 5.75 Å². The topological polar surface area (TPSA) is 46.6 Å². The summed E-state index contributed by atoms with van der Waals surface area (Å²) in [6.45, 7) is 0.657. The lowest BCUT2D eigenvalue weighted by molar-refractivity contribution is 0.0647. The van der Waals surface area contributed by atoms with Gasteiger partial charge >= 0.3 is 0 Å². The second-order valence-corrected chi connectivity index (χ2v) is 5.99. The summed E-state index contributed by atoms with van der Waals surface area (Å²) in [5, 5.41) is 0.987. The maximum absolute atomic E-state index is 12.2. The van der Waals surface area contributed by atoms with Crippen LogP contribution < -0.4 is 4.74 Å². The van der Waals surface area contributed by atoms with Crippen LogP contribution in [0, 0.1) is 0 Å². The number of carbonyl (C=O) groups is 2. The number of ether oxygens (including phenoxy) is 1. The lowest BCUT2D eigenvalue weighted by Crippen LogP contribution is -2.31. The number of imide groups is 1. The van der Waals surface area contributed by atoms with Crippen molar-refractivity contribution in [2.75, 3.05) is 13.2 Å². The summed E-state index contributed by atoms with van der Waals surface area (Å²) >= 11 is 11.8. The summed E-state index contributed by atoms with van der Waals surface area (Å²) in [6.07, 6.45) is 0.523. The molecular formula is C17H13Cl2NO3. The van der Waals surface area contributed by atoms with E-state index in [1.165, 1.54) is 4.90 Å². The van der Waals surface area contributed by atoms with Gasteiger partial charge in [-0.2, -0.15) is 0 Å². The summed E-state index contributed by atoms with van der Waals surface area (Å²) in [5.74, 6) is 0.0534. The first kappa shape index (κ1) is 15.8. The monoisotopic (exact) mass is 349 g/mol. The van der Waals surface area contributed by atoms with Crippen molar-refractivity contribution in [2.24, 2.45) is 0 Å². The van der Waals surface area contributed by atoms with Gasteiger partial charge in [-0.1, -0.05) is 35.3 Å². The molecule has 1 aliphatic rings. The van der Waals surface area contributed by atoms with Crippen LogP contribution >= 0.6 is 23.2 Å². The Hall–Kier alpha value is -2.04. The van der Waals surface area contributed by atoms with Crippen LogP contribution in [0.4, 0.5) is 0 Å². The van der Waals surface area contributed by atoms with Crippen molar-refractivity contribution in [1.29, 1.82) is 0 Å². The molecule has 0 aliphatic carbocycles. The Kier molecular flexibility index (Phi) is 4.55. The van der Waals surface area contributed by atoms with Crippen LogP contribution in [0.1, 0.15) is 27.1 Å². The summed E-state index contributed by atoms with van der Waals surface area (Å²) in [7, 11) is 0. The summed E-state index contributed by atoms with van der Waals surface area (Å²) in [5.41, 5.74) is 0.917. The lowest BCUT2D eigenvalue weighted by atomic mass is 10.1. The second kappa shape index (κ2) is 6.60. The van der Waals surface area contributed by atoms with Gasteiger partial charge in [0.25, 0.3) is 11.8 Å². The number of hydrogen-bond donors (Lipinski definition) is 0. The van der Waals surface area contributed by atoms with E-state index in [2.05, 4.69) is 0 Å². The van der Waals surface area contributed by atoms with Crippen LogP contribution in [-0.2, 0) is 0 Å². The number of halogens is 2. The Labute approximate surface area is 143 Å². The minimum Gasteiger partial charge on any atom is -0.493 e. The van der Waals surface area contributed by atoms with Gasteiger partial charge in [0, 0.05) is 16.6 Å². The fourth-order valence-electron chi connectivity index (χ4n) is 2.47. The van der Waals surface area contributed by atoms with E-state index in [-0.39, 0.29) is 11.8 Å². The Morgan fingerprint density at radius 2 is 1.48 bits per heavy atom. The van der Waals surface area contributed by atoms with E-state index in [0.29, 0.717) is 46.5 Å². The number of carbonyl (C=O) groups excluding carboxylic acids is 2. The first-order chi connectivity index (χ1) is 11.1. The Bertz CT molecular complexity index is 721. The van der Waals surface area contributed by atoms with Crippen molar-refractivity contribution >= 4 is 35.0 Å². The number of nitrogens with zero attached hydrogens (tertiary/aromatic N) is 1. The Morgan fingerprint density at radius 1 is 0.913 bits per heavy atom. The van der Waals surface area contributed by atoms with Crippen molar-refractivity contribution in [3.05, 3.63) is 63.6 Å². The number of fused-ring (bicyclic) bond motifs is 1. The fourth-order valence-corrected chi connectivity index (χ4v) is 2.97. The van der Waals surface area contributed by atoms with Crippen molar-refractivity contribution in [1.82, 2.24) is 4.90 Å². The molecule has 2 amide bonds. The quantitative estimate of drug-likeness (QED) is 0.604. The molecule has 1 aliphatic heterocycles. The van der Waals surface area contributed by atoms with Gasteiger partial charge in [0.05, 0.1) is 17.7 Å². The summed E-state index contributed by atoms with van der Waals surface area (Å²) in [4.78, 5) is 25.6. The fraction of sp³-hybridized carbons (Fsp3) is 0.176. The smallest absolute Gasteiger partial charge is 0.261 e. The number of amides is 2. The average Bonchev–Trinajstić information content (AvgIpc) is 2.75. The molecule has 0 bridgehead atoms. The zero-order chi connectivity index (χ0) is 16.4. The predicted octanol–water partition coefficient (Wildman–Crippen LogP) is 4.06. The van der Waals surface area contributed by atoms with Gasteiger partial charge in [-0.15, -0.1) is 0 Å². The minimum atomic E-state index is -0.253. The van der Waals surface area contributed by atoms with Gasteiger partial charge < -0.3 is 4.74 Å². The number of benzene rings is 2. The molecule has 1 heterocycles. The van der Waals surface area contributed by atoms with Crippen molar-refractivity contribution in [2.45, 2.75) is 6.42 Å². The molecule has 4 nitrogen and oxygen atoms in total. The third-order valence-electron chi connectivity index (χ3n) is 3.51. The standard InChI is InChI=1S/C17H13Cl2NO3/c18-11-8-12(19)10-13(9-11)23-7-3-6-20-16(21)14-4-1-2-5-15(14)17(20)22/h1-2,4-5,8-10H,3,6-7H2. The van der Waals surface area contributed by atoms with Crippen molar-refractivity contribution in [3.8, 4) is 5.75 Å². The Morgan fingerprint density at radius 3 is 2.04 bits per heavy atom. The first-order valence-corrected chi connectivity index (χ1v) is 7.86. The van der Waals surface area contributed by atoms with Crippen molar-refractivity contribution < 1.29 is 14.3 Å². The van der Waals surface area contributed by atoms with Gasteiger partial charge in [-0.3, -0.25) is 14.5 Å². The van der Waals surface area contributed by atoms with Gasteiger partial charge in [-0.05, 0) is 36.8 Å². The molecule has 0 saturated heterocycles. The van der Waals surface area contributed by atoms with Crippen LogP contribution in [0.5, 0.6) is 5.75 Å². The normalized spacial score (nSPS) is 13.4. The molecule has 0 fully saturated rings. The molecule has 2 aromatic carbocycles. The third-order valence-corrected chi connectivity index (χ3v) is 3.95. The van der Waals surface area contributed by atoms with E-state index in [4.69, 9.17) is 27.9 Å². The third kappa shape index (κ3) is 3.33. The van der Waals surface area contributed by atoms with E-state index in [1.54, 1.807) is 42.5 Å². The van der Waals surface area contributed by atoms with E-state index in [0.717, 1.165) is 0 Å². The minimum absolute atomic E-state index is 0.253. The predicted molar refractivity (Wildman–Crippen MR) is 88.4 cm³/mol. The van der Waals surface area contributed by atoms with E-state index < -0.39 is 0 Å². The first-order valence-electron chi connectivity index (χ1n) is 7.10. The molecular weight excluding hydrogens is 337 g/mol. The molecule has 0 spiro atoms. The highest BCUT2D eigenvalue weighted by atomic mass is 35.5. The molecule has 0 atom stereocenters. The van der Waals surface area contributed by atoms with Gasteiger partial charge in [-0.25, -0.2) is 0 Å². The maximum atomic E-state index is 12.2. The molecule has 118 valence electrons. The van der Waals surface area contributed by atoms with Crippen LogP contribution in [-0.4, -0.2) is 29.9 Å². The number of rotatable bonds is 5. The molecule has 2 aromatic rings. The largest absolute Gasteiger partial charge is 0.493 e. The van der Waals surface area contributed by atoms with E-state index >= 15 is 0 Å². The van der Waals surface area contributed by atoms with Crippen LogP contribution in [0.25, 0.3) is 0 Å². The van der Waals surface area contributed by atoms with E-state index in [9.17, 15) is 9.59 Å². The van der Waals surface area contributed by atoms with Crippen LogP contribution in [0.3, 0.4) is 0 Å². The zero-order valence-electron chi connectivity index (χ0n) is 12.1. The van der Waals surface area contributed by atoms with E-state index in [1.807, 2.05) is 0 Å². The molecule has 0 N–H and O–H groups in total. The Balaban J connectivity index is 1.56. The van der Waals surface area contributed by atoms with Gasteiger partial charge in [0.2, 0.25) is 0 Å². The number of hydrogen-bond acceptors (Lipinski definition) is 3.